The number of benzene rings is 1. The Morgan fingerprint density at radius 1 is 1.46 bits per heavy atom. The molecule has 1 aromatic rings. The molecule has 0 radical (unpaired) electrons. The molecule has 0 bridgehead atoms. The molecular formula is C10H12BrNO. The Morgan fingerprint density at radius 2 is 2.23 bits per heavy atom. The Balaban J connectivity index is 2.13. The van der Waals surface area contributed by atoms with Gasteiger partial charge in [0.2, 0.25) is 0 Å². The molecule has 2 N–H and O–H groups in total. The number of phenolic OH excluding ortho intramolecular Hbond substituents is 1. The van der Waals surface area contributed by atoms with Crippen molar-refractivity contribution in [3.8, 4) is 5.75 Å². The van der Waals surface area contributed by atoms with Crippen molar-refractivity contribution < 1.29 is 5.11 Å². The van der Waals surface area contributed by atoms with E-state index in [0.717, 1.165) is 29.5 Å². The summed E-state index contributed by atoms with van der Waals surface area (Å²) in [7, 11) is 0. The van der Waals surface area contributed by atoms with E-state index in [1.54, 1.807) is 6.07 Å². The van der Waals surface area contributed by atoms with E-state index >= 15 is 0 Å². The van der Waals surface area contributed by atoms with Crippen LogP contribution < -0.4 is 5.32 Å². The molecule has 2 nitrogen and oxygen atoms in total. The smallest absolute Gasteiger partial charge is 0.118 e. The number of aromatic hydroxyl groups is 1. The molecule has 0 unspecified atom stereocenters. The summed E-state index contributed by atoms with van der Waals surface area (Å²) in [6, 6.07) is 5.59. The fourth-order valence-electron chi connectivity index (χ4n) is 1.52. The Morgan fingerprint density at radius 3 is 2.85 bits per heavy atom. The van der Waals surface area contributed by atoms with Gasteiger partial charge in [-0.1, -0.05) is 15.9 Å². The second kappa shape index (κ2) is 3.68. The molecule has 2 rings (SSSR count). The molecule has 1 heterocycles. The van der Waals surface area contributed by atoms with Crippen LogP contribution in [0.2, 0.25) is 0 Å². The summed E-state index contributed by atoms with van der Waals surface area (Å²) in [4.78, 5) is 0. The number of hydrogen-bond donors (Lipinski definition) is 2. The van der Waals surface area contributed by atoms with Gasteiger partial charge in [0.1, 0.15) is 5.75 Å². The molecule has 0 atom stereocenters. The number of hydrogen-bond acceptors (Lipinski definition) is 2. The largest absolute Gasteiger partial charge is 0.508 e. The molecule has 0 saturated carbocycles. The van der Waals surface area contributed by atoms with Crippen LogP contribution in [0.1, 0.15) is 5.56 Å². The zero-order valence-corrected chi connectivity index (χ0v) is 8.84. The quantitative estimate of drug-likeness (QED) is 0.830. The maximum atomic E-state index is 9.56. The molecule has 70 valence electrons. The van der Waals surface area contributed by atoms with Crippen molar-refractivity contribution in [2.45, 2.75) is 6.42 Å². The van der Waals surface area contributed by atoms with E-state index in [1.807, 2.05) is 12.1 Å². The van der Waals surface area contributed by atoms with Crippen LogP contribution in [-0.2, 0) is 6.42 Å². The topological polar surface area (TPSA) is 32.3 Å². The van der Waals surface area contributed by atoms with Crippen LogP contribution in [0.3, 0.4) is 0 Å². The van der Waals surface area contributed by atoms with E-state index < -0.39 is 0 Å². The van der Waals surface area contributed by atoms with Gasteiger partial charge in [-0.2, -0.15) is 0 Å². The average molecular weight is 242 g/mol. The normalized spacial score (nSPS) is 17.0. The SMILES string of the molecule is Oc1ccc(Br)cc1CC1CNC1. The third-order valence-electron chi connectivity index (χ3n) is 2.42. The summed E-state index contributed by atoms with van der Waals surface area (Å²) in [6.07, 6.45) is 0.971. The predicted molar refractivity (Wildman–Crippen MR) is 55.9 cm³/mol. The molecule has 1 fully saturated rings. The Hall–Kier alpha value is -0.540. The van der Waals surface area contributed by atoms with Crippen LogP contribution in [0.5, 0.6) is 5.75 Å². The lowest BCUT2D eigenvalue weighted by Crippen LogP contribution is -2.43. The predicted octanol–water partition coefficient (Wildman–Crippen LogP) is 1.92. The first-order chi connectivity index (χ1) is 6.25. The molecule has 0 amide bonds. The van der Waals surface area contributed by atoms with Crippen molar-refractivity contribution in [1.82, 2.24) is 5.32 Å². The third kappa shape index (κ3) is 2.03. The maximum Gasteiger partial charge on any atom is 0.118 e. The highest BCUT2D eigenvalue weighted by Gasteiger charge is 2.18. The minimum atomic E-state index is 0.412. The van der Waals surface area contributed by atoms with E-state index in [2.05, 4.69) is 21.2 Å². The van der Waals surface area contributed by atoms with Crippen molar-refractivity contribution in [3.63, 3.8) is 0 Å². The van der Waals surface area contributed by atoms with Crippen LogP contribution in [0.4, 0.5) is 0 Å². The van der Waals surface area contributed by atoms with Crippen molar-refractivity contribution in [2.24, 2.45) is 5.92 Å². The van der Waals surface area contributed by atoms with Gasteiger partial charge in [0, 0.05) is 4.47 Å². The van der Waals surface area contributed by atoms with Gasteiger partial charge in [-0.15, -0.1) is 0 Å². The first-order valence-electron chi connectivity index (χ1n) is 4.44. The van der Waals surface area contributed by atoms with Crippen molar-refractivity contribution >= 4 is 15.9 Å². The summed E-state index contributed by atoms with van der Waals surface area (Å²) in [5.41, 5.74) is 1.04. The number of halogens is 1. The lowest BCUT2D eigenvalue weighted by atomic mass is 9.94. The summed E-state index contributed by atoms with van der Waals surface area (Å²) in [5, 5.41) is 12.8. The molecule has 1 aliphatic heterocycles. The monoisotopic (exact) mass is 241 g/mol. The molecular weight excluding hydrogens is 230 g/mol. The molecule has 1 aromatic carbocycles. The van der Waals surface area contributed by atoms with E-state index in [4.69, 9.17) is 0 Å². The maximum absolute atomic E-state index is 9.56. The van der Waals surface area contributed by atoms with Crippen LogP contribution >= 0.6 is 15.9 Å². The summed E-state index contributed by atoms with van der Waals surface area (Å²) >= 11 is 3.40. The fourth-order valence-corrected chi connectivity index (χ4v) is 1.93. The van der Waals surface area contributed by atoms with E-state index in [-0.39, 0.29) is 0 Å². The van der Waals surface area contributed by atoms with Crippen LogP contribution in [0, 0.1) is 5.92 Å². The number of phenols is 1. The first-order valence-corrected chi connectivity index (χ1v) is 5.23. The zero-order chi connectivity index (χ0) is 9.26. The minimum Gasteiger partial charge on any atom is -0.508 e. The highest BCUT2D eigenvalue weighted by Crippen LogP contribution is 2.25. The third-order valence-corrected chi connectivity index (χ3v) is 2.91. The van der Waals surface area contributed by atoms with Crippen LogP contribution in [0.15, 0.2) is 22.7 Å². The van der Waals surface area contributed by atoms with E-state index in [9.17, 15) is 5.11 Å². The van der Waals surface area contributed by atoms with Crippen molar-refractivity contribution in [2.75, 3.05) is 13.1 Å². The lowest BCUT2D eigenvalue weighted by Gasteiger charge is -2.27. The highest BCUT2D eigenvalue weighted by atomic mass is 79.9. The Labute approximate surface area is 86.1 Å². The Bertz CT molecular complexity index is 310. The second-order valence-corrected chi connectivity index (χ2v) is 4.42. The van der Waals surface area contributed by atoms with Gasteiger partial charge in [-0.05, 0) is 49.2 Å². The second-order valence-electron chi connectivity index (χ2n) is 3.50. The first kappa shape index (κ1) is 9.03. The number of rotatable bonds is 2. The summed E-state index contributed by atoms with van der Waals surface area (Å²) in [5.74, 6) is 1.11. The summed E-state index contributed by atoms with van der Waals surface area (Å²) in [6.45, 7) is 2.15. The lowest BCUT2D eigenvalue weighted by molar-refractivity contribution is 0.341. The molecule has 13 heavy (non-hydrogen) atoms. The molecule has 0 aromatic heterocycles. The minimum absolute atomic E-state index is 0.412. The van der Waals surface area contributed by atoms with Crippen LogP contribution in [-0.4, -0.2) is 18.2 Å². The molecule has 1 aliphatic rings. The van der Waals surface area contributed by atoms with E-state index in [0.29, 0.717) is 11.7 Å². The van der Waals surface area contributed by atoms with Gasteiger partial charge >= 0.3 is 0 Å². The van der Waals surface area contributed by atoms with Gasteiger partial charge in [0.25, 0.3) is 0 Å². The molecule has 0 aliphatic carbocycles. The van der Waals surface area contributed by atoms with Gasteiger partial charge in [0.05, 0.1) is 0 Å². The zero-order valence-electron chi connectivity index (χ0n) is 7.26. The average Bonchev–Trinajstić information content (AvgIpc) is 2.03. The van der Waals surface area contributed by atoms with Gasteiger partial charge in [-0.3, -0.25) is 0 Å². The van der Waals surface area contributed by atoms with Crippen molar-refractivity contribution in [1.29, 1.82) is 0 Å². The fraction of sp³-hybridized carbons (Fsp3) is 0.400. The molecule has 3 heteroatoms. The molecule has 1 saturated heterocycles. The highest BCUT2D eigenvalue weighted by molar-refractivity contribution is 9.10. The van der Waals surface area contributed by atoms with E-state index in [1.165, 1.54) is 0 Å². The van der Waals surface area contributed by atoms with Crippen LogP contribution in [0.25, 0.3) is 0 Å². The Kier molecular flexibility index (Phi) is 2.56. The van der Waals surface area contributed by atoms with Gasteiger partial charge < -0.3 is 10.4 Å². The van der Waals surface area contributed by atoms with Gasteiger partial charge in [0.15, 0.2) is 0 Å². The van der Waals surface area contributed by atoms with Crippen molar-refractivity contribution in [3.05, 3.63) is 28.2 Å². The summed E-state index contributed by atoms with van der Waals surface area (Å²) < 4.78 is 1.03. The number of nitrogens with one attached hydrogen (secondary N) is 1. The molecule has 0 spiro atoms. The van der Waals surface area contributed by atoms with Gasteiger partial charge in [-0.25, -0.2) is 0 Å². The standard InChI is InChI=1S/C10H12BrNO/c11-9-1-2-10(13)8(4-9)3-7-5-12-6-7/h1-2,4,7,12-13H,3,5-6H2.